The molecular formula is C45H47ClZr-4. The van der Waals surface area contributed by atoms with E-state index in [1.165, 1.54) is 78.8 Å². The molecule has 47 heavy (non-hydrogen) atoms. The third-order valence-electron chi connectivity index (χ3n) is 7.81. The van der Waals surface area contributed by atoms with Gasteiger partial charge in [0.05, 0.1) is 0 Å². The Bertz CT molecular complexity index is 1790. The molecule has 0 saturated carbocycles. The summed E-state index contributed by atoms with van der Waals surface area (Å²) in [7, 11) is 0. The molecule has 0 atom stereocenters. The van der Waals surface area contributed by atoms with E-state index >= 15 is 0 Å². The summed E-state index contributed by atoms with van der Waals surface area (Å²) < 4.78 is 3.34. The molecule has 7 aromatic carbocycles. The second-order valence-corrected chi connectivity index (χ2v) is 14.0. The Morgan fingerprint density at radius 2 is 1.17 bits per heavy atom. The van der Waals surface area contributed by atoms with Gasteiger partial charge < -0.3 is 0 Å². The minimum absolute atomic E-state index is 0.180. The van der Waals surface area contributed by atoms with Crippen LogP contribution in [0.15, 0.2) is 127 Å². The van der Waals surface area contributed by atoms with Gasteiger partial charge in [-0.1, -0.05) is 93.1 Å². The maximum atomic E-state index is 5.51. The van der Waals surface area contributed by atoms with Crippen molar-refractivity contribution in [2.45, 2.75) is 66.2 Å². The van der Waals surface area contributed by atoms with Crippen LogP contribution in [0.2, 0.25) is 5.02 Å². The second-order valence-electron chi connectivity index (χ2n) is 13.6. The molecule has 0 saturated heterocycles. The molecule has 0 unspecified atom stereocenters. The van der Waals surface area contributed by atoms with E-state index in [0.29, 0.717) is 0 Å². The third-order valence-corrected chi connectivity index (χ3v) is 8.04. The first kappa shape index (κ1) is 38.1. The number of benzene rings is 5. The quantitative estimate of drug-likeness (QED) is 0.137. The van der Waals surface area contributed by atoms with E-state index in [4.69, 9.17) is 11.6 Å². The molecule has 2 heteroatoms. The van der Waals surface area contributed by atoms with E-state index in [-0.39, 0.29) is 10.8 Å². The molecule has 0 bridgehead atoms. The molecule has 0 heterocycles. The van der Waals surface area contributed by atoms with Gasteiger partial charge in [-0.3, -0.25) is 0 Å². The van der Waals surface area contributed by atoms with Gasteiger partial charge in [-0.05, 0) is 24.7 Å². The van der Waals surface area contributed by atoms with Crippen molar-refractivity contribution < 1.29 is 24.2 Å². The fourth-order valence-corrected chi connectivity index (χ4v) is 5.84. The molecule has 0 aliphatic heterocycles. The normalized spacial score (nSPS) is 10.8. The van der Waals surface area contributed by atoms with Crippen LogP contribution in [-0.2, 0) is 35.1 Å². The molecule has 7 aromatic rings. The average molecular weight is 715 g/mol. The van der Waals surface area contributed by atoms with Crippen LogP contribution in [0.4, 0.5) is 0 Å². The predicted molar refractivity (Wildman–Crippen MR) is 206 cm³/mol. The molecule has 0 aromatic heterocycles. The van der Waals surface area contributed by atoms with Gasteiger partial charge in [0, 0.05) is 0 Å². The Kier molecular flexibility index (Phi) is 14.3. The van der Waals surface area contributed by atoms with Crippen LogP contribution >= 0.6 is 11.6 Å². The van der Waals surface area contributed by atoms with Gasteiger partial charge in [0.15, 0.2) is 0 Å². The molecule has 0 radical (unpaired) electrons. The van der Waals surface area contributed by atoms with Crippen molar-refractivity contribution in [2.24, 2.45) is 0 Å². The van der Waals surface area contributed by atoms with Gasteiger partial charge >= 0.3 is 28.4 Å². The van der Waals surface area contributed by atoms with Crippen LogP contribution < -0.4 is 0 Å². The largest absolute Gasteiger partial charge is 0.214 e. The van der Waals surface area contributed by atoms with E-state index in [9.17, 15) is 0 Å². The van der Waals surface area contributed by atoms with E-state index < -0.39 is 0 Å². The standard InChI is InChI=1S/C23H29.C10H7.C6H4Cl.C5H5.CH2.Zr/c1-14-9-16-11-17-10-15(2)21(23(6,7)8)13-19(17)18(16)12-20(14)22(3,4)5;1-2-6-10-8-4-3-7-9(10)5-1;7-6-4-2-1-3-5-6;1-2-4-5-3-1;;/h9-13H,1-8H3;1-7H;1-2,4-5H;1-5H;1H2;/q4*-1;;. The number of hydrogen-bond acceptors (Lipinski definition) is 0. The first-order valence-electron chi connectivity index (χ1n) is 16.0. The number of halogens is 1. The van der Waals surface area contributed by atoms with Gasteiger partial charge in [0.2, 0.25) is 0 Å². The van der Waals surface area contributed by atoms with Crippen molar-refractivity contribution in [3.05, 3.63) is 167 Å². The van der Waals surface area contributed by atoms with Crippen LogP contribution in [0.5, 0.6) is 0 Å². The molecule has 0 spiro atoms. The zero-order chi connectivity index (χ0) is 34.6. The van der Waals surface area contributed by atoms with E-state index in [0.717, 1.165) is 5.02 Å². The summed E-state index contributed by atoms with van der Waals surface area (Å²) in [6, 6.07) is 49.4. The summed E-state index contributed by atoms with van der Waals surface area (Å²) >= 11 is 6.81. The van der Waals surface area contributed by atoms with Crippen LogP contribution in [0, 0.1) is 26.0 Å². The smallest absolute Gasteiger partial charge is 0.0801 e. The summed E-state index contributed by atoms with van der Waals surface area (Å²) in [6.45, 7) is 18.3. The fraction of sp³-hybridized carbons (Fsp3) is 0.222. The third kappa shape index (κ3) is 11.1. The van der Waals surface area contributed by atoms with Crippen molar-refractivity contribution in [1.29, 1.82) is 0 Å². The van der Waals surface area contributed by atoms with Crippen LogP contribution in [-0.4, -0.2) is 4.21 Å². The summed E-state index contributed by atoms with van der Waals surface area (Å²) in [6.07, 6.45) is 0. The summed E-state index contributed by atoms with van der Waals surface area (Å²) in [5, 5.41) is 8.73. The predicted octanol–water partition coefficient (Wildman–Crippen LogP) is 13.1. The molecule has 0 amide bonds. The molecule has 0 aliphatic rings. The van der Waals surface area contributed by atoms with Gasteiger partial charge in [-0.2, -0.15) is 60.1 Å². The summed E-state index contributed by atoms with van der Waals surface area (Å²) in [4.78, 5) is 0. The van der Waals surface area contributed by atoms with Crippen molar-refractivity contribution >= 4 is 48.1 Å². The first-order chi connectivity index (χ1) is 22.3. The fourth-order valence-electron chi connectivity index (χ4n) is 5.71. The van der Waals surface area contributed by atoms with Crippen molar-refractivity contribution in [3.63, 3.8) is 0 Å². The van der Waals surface area contributed by atoms with Crippen molar-refractivity contribution in [1.82, 2.24) is 0 Å². The summed E-state index contributed by atoms with van der Waals surface area (Å²) in [5.41, 5.74) is 6.06. The maximum Gasteiger partial charge on any atom is -0.0801 e. The number of rotatable bonds is 0. The van der Waals surface area contributed by atoms with Gasteiger partial charge in [0.25, 0.3) is 0 Å². The molecule has 242 valence electrons. The topological polar surface area (TPSA) is 0 Å². The van der Waals surface area contributed by atoms with E-state index in [1.807, 2.05) is 72.8 Å². The van der Waals surface area contributed by atoms with E-state index in [2.05, 4.69) is 120 Å². The monoisotopic (exact) mass is 712 g/mol. The Balaban J connectivity index is 0.000000203. The summed E-state index contributed by atoms with van der Waals surface area (Å²) in [5.74, 6) is 0. The number of hydrogen-bond donors (Lipinski definition) is 0. The van der Waals surface area contributed by atoms with Gasteiger partial charge in [-0.25, -0.2) is 12.1 Å². The zero-order valence-corrected chi connectivity index (χ0v) is 32.4. The minimum Gasteiger partial charge on any atom is -0.214 e. The van der Waals surface area contributed by atoms with Crippen LogP contribution in [0.3, 0.4) is 0 Å². The molecule has 0 aliphatic carbocycles. The van der Waals surface area contributed by atoms with Crippen LogP contribution in [0.25, 0.3) is 32.3 Å². The molecule has 0 fully saturated rings. The Hall–Kier alpha value is -3.38. The number of fused-ring (bicyclic) bond motifs is 4. The second kappa shape index (κ2) is 17.7. The van der Waals surface area contributed by atoms with Crippen molar-refractivity contribution in [3.8, 4) is 0 Å². The number of aryl methyl sites for hydroxylation is 2. The first-order valence-corrected chi connectivity index (χ1v) is 18.1. The maximum absolute atomic E-state index is 5.51. The Labute approximate surface area is 303 Å². The minimum atomic E-state index is 0.180. The van der Waals surface area contributed by atoms with Crippen molar-refractivity contribution in [2.75, 3.05) is 0 Å². The molecule has 0 N–H and O–H groups in total. The molecule has 0 nitrogen and oxygen atoms in total. The Morgan fingerprint density at radius 1 is 0.660 bits per heavy atom. The SMILES string of the molecule is Cc1cc2[cH-]c3cc(C)c(C(C)(C)C)cc3c2cc1C(C)(C)C.Clc1c[c-]ccc1.[CH2]=[Zr].[c-]1cccc2ccccc12.c1cc[cH-]c1. The molecular weight excluding hydrogens is 667 g/mol. The van der Waals surface area contributed by atoms with Gasteiger partial charge in [0.1, 0.15) is 0 Å². The zero-order valence-electron chi connectivity index (χ0n) is 29.2. The van der Waals surface area contributed by atoms with Crippen LogP contribution in [0.1, 0.15) is 63.8 Å². The Morgan fingerprint density at radius 3 is 1.57 bits per heavy atom. The average Bonchev–Trinajstić information content (AvgIpc) is 3.73. The van der Waals surface area contributed by atoms with E-state index in [1.54, 1.807) is 6.07 Å². The van der Waals surface area contributed by atoms with Gasteiger partial charge in [-0.15, -0.1) is 86.9 Å². The molecule has 7 rings (SSSR count).